The van der Waals surface area contributed by atoms with Crippen molar-refractivity contribution < 1.29 is 8.42 Å². The van der Waals surface area contributed by atoms with E-state index in [2.05, 4.69) is 9.93 Å². The number of hydrazone groups is 1. The summed E-state index contributed by atoms with van der Waals surface area (Å²) in [6.07, 6.45) is 3.59. The SMILES string of the molecule is CC(/C=C\c1ccccc1)=N/NS(=O)(=O)c1ccc(N)cc1. The zero-order valence-corrected chi connectivity index (χ0v) is 12.9. The van der Waals surface area contributed by atoms with E-state index in [1.807, 2.05) is 36.4 Å². The minimum atomic E-state index is -3.68. The first-order valence-electron chi connectivity index (χ1n) is 6.62. The molecular weight excluding hydrogens is 298 g/mol. The summed E-state index contributed by atoms with van der Waals surface area (Å²) in [5, 5.41) is 3.87. The zero-order chi connectivity index (χ0) is 16.0. The van der Waals surface area contributed by atoms with Gasteiger partial charge in [-0.25, -0.2) is 0 Å². The highest BCUT2D eigenvalue weighted by Gasteiger charge is 2.11. The molecule has 0 heterocycles. The van der Waals surface area contributed by atoms with E-state index in [-0.39, 0.29) is 4.90 Å². The molecule has 0 unspecified atom stereocenters. The number of hydrogen-bond acceptors (Lipinski definition) is 4. The molecule has 0 aliphatic carbocycles. The molecule has 6 heteroatoms. The minimum Gasteiger partial charge on any atom is -0.399 e. The predicted octanol–water partition coefficient (Wildman–Crippen LogP) is 2.64. The van der Waals surface area contributed by atoms with E-state index in [0.717, 1.165) is 5.56 Å². The second-order valence-corrected chi connectivity index (χ2v) is 6.32. The number of allylic oxidation sites excluding steroid dienone is 1. The smallest absolute Gasteiger partial charge is 0.276 e. The number of nitrogens with one attached hydrogen (secondary N) is 1. The molecule has 2 aromatic rings. The second-order valence-electron chi connectivity index (χ2n) is 4.66. The first kappa shape index (κ1) is 15.8. The van der Waals surface area contributed by atoms with Crippen molar-refractivity contribution in [3.05, 3.63) is 66.2 Å². The van der Waals surface area contributed by atoms with Gasteiger partial charge in [0.15, 0.2) is 0 Å². The highest BCUT2D eigenvalue weighted by atomic mass is 32.2. The fourth-order valence-electron chi connectivity index (χ4n) is 1.65. The molecule has 114 valence electrons. The van der Waals surface area contributed by atoms with Crippen LogP contribution in [-0.4, -0.2) is 14.1 Å². The lowest BCUT2D eigenvalue weighted by molar-refractivity contribution is 0.584. The molecule has 22 heavy (non-hydrogen) atoms. The van der Waals surface area contributed by atoms with Crippen molar-refractivity contribution in [2.24, 2.45) is 5.10 Å². The van der Waals surface area contributed by atoms with Crippen molar-refractivity contribution >= 4 is 27.5 Å². The molecule has 0 aromatic heterocycles. The van der Waals surface area contributed by atoms with Crippen LogP contribution in [-0.2, 0) is 10.0 Å². The number of hydrogen-bond donors (Lipinski definition) is 2. The van der Waals surface area contributed by atoms with Gasteiger partial charge in [-0.3, -0.25) is 0 Å². The van der Waals surface area contributed by atoms with Crippen molar-refractivity contribution in [1.29, 1.82) is 0 Å². The Kier molecular flexibility index (Phi) is 4.95. The van der Waals surface area contributed by atoms with E-state index in [9.17, 15) is 8.42 Å². The Morgan fingerprint density at radius 3 is 2.36 bits per heavy atom. The standard InChI is InChI=1S/C16H17N3O2S/c1-13(7-8-14-5-3-2-4-6-14)18-19-22(20,21)16-11-9-15(17)10-12-16/h2-12,19H,17H2,1H3/b8-7-,18-13-. The van der Waals surface area contributed by atoms with Crippen LogP contribution < -0.4 is 10.6 Å². The quantitative estimate of drug-likeness (QED) is 0.505. The molecule has 2 rings (SSSR count). The van der Waals surface area contributed by atoms with Crippen LogP contribution >= 0.6 is 0 Å². The molecule has 0 fully saturated rings. The topological polar surface area (TPSA) is 84.5 Å². The molecule has 0 bridgehead atoms. The van der Waals surface area contributed by atoms with Gasteiger partial charge in [0.05, 0.1) is 10.6 Å². The van der Waals surface area contributed by atoms with Crippen molar-refractivity contribution in [2.45, 2.75) is 11.8 Å². The van der Waals surface area contributed by atoms with Gasteiger partial charge in [-0.1, -0.05) is 36.4 Å². The summed E-state index contributed by atoms with van der Waals surface area (Å²) in [6, 6.07) is 15.6. The maximum Gasteiger partial charge on any atom is 0.276 e. The van der Waals surface area contributed by atoms with E-state index in [1.165, 1.54) is 24.3 Å². The third-order valence-electron chi connectivity index (χ3n) is 2.85. The molecule has 0 atom stereocenters. The fourth-order valence-corrected chi connectivity index (χ4v) is 2.51. The molecule has 0 spiro atoms. The van der Waals surface area contributed by atoms with Crippen LogP contribution in [0.25, 0.3) is 6.08 Å². The summed E-state index contributed by atoms with van der Waals surface area (Å²) in [5.41, 5.74) is 7.60. The van der Waals surface area contributed by atoms with E-state index >= 15 is 0 Å². The Balaban J connectivity index is 2.06. The number of nitrogen functional groups attached to an aromatic ring is 1. The highest BCUT2D eigenvalue weighted by molar-refractivity contribution is 7.89. The van der Waals surface area contributed by atoms with Crippen molar-refractivity contribution in [2.75, 3.05) is 5.73 Å². The number of nitrogens with two attached hydrogens (primary N) is 1. The molecule has 0 saturated heterocycles. The maximum atomic E-state index is 12.0. The lowest BCUT2D eigenvalue weighted by Crippen LogP contribution is -2.19. The van der Waals surface area contributed by atoms with Crippen LogP contribution in [0.4, 0.5) is 5.69 Å². The number of sulfonamides is 1. The van der Waals surface area contributed by atoms with E-state index < -0.39 is 10.0 Å². The van der Waals surface area contributed by atoms with Crippen LogP contribution in [0, 0.1) is 0 Å². The molecule has 0 radical (unpaired) electrons. The van der Waals surface area contributed by atoms with Gasteiger partial charge >= 0.3 is 0 Å². The first-order valence-corrected chi connectivity index (χ1v) is 8.10. The summed E-state index contributed by atoms with van der Waals surface area (Å²) in [5.74, 6) is 0. The lowest BCUT2D eigenvalue weighted by Gasteiger charge is -2.04. The van der Waals surface area contributed by atoms with Crippen molar-refractivity contribution in [3.8, 4) is 0 Å². The third kappa shape index (κ3) is 4.46. The molecule has 0 aliphatic heterocycles. The summed E-state index contributed by atoms with van der Waals surface area (Å²) in [4.78, 5) is 2.31. The molecule has 5 nitrogen and oxygen atoms in total. The van der Waals surface area contributed by atoms with Gasteiger partial charge < -0.3 is 5.73 Å². The van der Waals surface area contributed by atoms with E-state index in [4.69, 9.17) is 5.73 Å². The molecular formula is C16H17N3O2S. The molecule has 2 aromatic carbocycles. The Morgan fingerprint density at radius 1 is 1.09 bits per heavy atom. The van der Waals surface area contributed by atoms with Gasteiger partial charge in [0, 0.05) is 5.69 Å². The van der Waals surface area contributed by atoms with E-state index in [1.54, 1.807) is 13.0 Å². The lowest BCUT2D eigenvalue weighted by atomic mass is 10.2. The van der Waals surface area contributed by atoms with Gasteiger partial charge in [-0.2, -0.15) is 18.4 Å². The summed E-state index contributed by atoms with van der Waals surface area (Å²) >= 11 is 0. The Bertz CT molecular complexity index is 780. The van der Waals surface area contributed by atoms with Crippen LogP contribution in [0.5, 0.6) is 0 Å². The third-order valence-corrected chi connectivity index (χ3v) is 4.07. The van der Waals surface area contributed by atoms with Crippen LogP contribution in [0.15, 0.2) is 70.7 Å². The van der Waals surface area contributed by atoms with Gasteiger partial charge in [0.25, 0.3) is 10.0 Å². The average Bonchev–Trinajstić information content (AvgIpc) is 2.52. The Hall–Kier alpha value is -2.60. The highest BCUT2D eigenvalue weighted by Crippen LogP contribution is 2.11. The van der Waals surface area contributed by atoms with Crippen LogP contribution in [0.3, 0.4) is 0 Å². The fraction of sp³-hybridized carbons (Fsp3) is 0.0625. The molecule has 0 saturated carbocycles. The van der Waals surface area contributed by atoms with Crippen molar-refractivity contribution in [1.82, 2.24) is 4.83 Å². The predicted molar refractivity (Wildman–Crippen MR) is 89.8 cm³/mol. The van der Waals surface area contributed by atoms with Gasteiger partial charge in [0.2, 0.25) is 0 Å². The average molecular weight is 315 g/mol. The molecule has 0 aliphatic rings. The maximum absolute atomic E-state index is 12.0. The summed E-state index contributed by atoms with van der Waals surface area (Å²) in [7, 11) is -3.68. The Morgan fingerprint density at radius 2 is 1.73 bits per heavy atom. The summed E-state index contributed by atoms with van der Waals surface area (Å²) in [6.45, 7) is 1.71. The number of benzene rings is 2. The van der Waals surface area contributed by atoms with Gasteiger partial charge in [0.1, 0.15) is 0 Å². The number of rotatable bonds is 5. The van der Waals surface area contributed by atoms with Crippen LogP contribution in [0.2, 0.25) is 0 Å². The number of anilines is 1. The molecule has 3 N–H and O–H groups in total. The van der Waals surface area contributed by atoms with E-state index in [0.29, 0.717) is 11.4 Å². The van der Waals surface area contributed by atoms with Gasteiger partial charge in [-0.15, -0.1) is 0 Å². The molecule has 0 amide bonds. The Labute approximate surface area is 130 Å². The largest absolute Gasteiger partial charge is 0.399 e. The van der Waals surface area contributed by atoms with Gasteiger partial charge in [-0.05, 0) is 42.8 Å². The van der Waals surface area contributed by atoms with Crippen molar-refractivity contribution in [3.63, 3.8) is 0 Å². The monoisotopic (exact) mass is 315 g/mol. The minimum absolute atomic E-state index is 0.116. The second kappa shape index (κ2) is 6.91. The van der Waals surface area contributed by atoms with Crippen LogP contribution in [0.1, 0.15) is 12.5 Å². The number of nitrogens with zero attached hydrogens (tertiary/aromatic N) is 1. The first-order chi connectivity index (χ1) is 10.5. The zero-order valence-electron chi connectivity index (χ0n) is 12.1. The normalized spacial score (nSPS) is 12.5. The summed E-state index contributed by atoms with van der Waals surface area (Å²) < 4.78 is 24.1.